The Morgan fingerprint density at radius 1 is 0.895 bits per heavy atom. The molecule has 0 unspecified atom stereocenters. The first-order chi connectivity index (χ1) is 9.33. The van der Waals surface area contributed by atoms with E-state index < -0.39 is 0 Å². The number of aromatic nitrogens is 2. The molecule has 3 heteroatoms. The molecule has 2 aromatic heterocycles. The van der Waals surface area contributed by atoms with Crippen molar-refractivity contribution >= 4 is 11.0 Å². The van der Waals surface area contributed by atoms with E-state index >= 15 is 0 Å². The summed E-state index contributed by atoms with van der Waals surface area (Å²) in [6, 6.07) is 12.0. The van der Waals surface area contributed by atoms with Gasteiger partial charge in [0.2, 0.25) is 0 Å². The summed E-state index contributed by atoms with van der Waals surface area (Å²) in [5.74, 6) is 5.38. The molecular weight excluding hydrogens is 239 g/mol. The van der Waals surface area contributed by atoms with Crippen LogP contribution in [-0.4, -0.2) is 9.97 Å². The SMILES string of the molecule is Fc1ccccc1C#Cc1cnc2cccnc2c1. The predicted molar refractivity (Wildman–Crippen MR) is 71.9 cm³/mol. The predicted octanol–water partition coefficient (Wildman–Crippen LogP) is 3.17. The molecule has 3 aromatic rings. The minimum Gasteiger partial charge on any atom is -0.255 e. The van der Waals surface area contributed by atoms with Gasteiger partial charge in [-0.3, -0.25) is 9.97 Å². The molecule has 0 bridgehead atoms. The maximum Gasteiger partial charge on any atom is 0.138 e. The summed E-state index contributed by atoms with van der Waals surface area (Å²) in [7, 11) is 0. The van der Waals surface area contributed by atoms with Crippen molar-refractivity contribution in [2.24, 2.45) is 0 Å². The van der Waals surface area contributed by atoms with Crippen LogP contribution in [0.1, 0.15) is 11.1 Å². The minimum atomic E-state index is -0.318. The summed E-state index contributed by atoms with van der Waals surface area (Å²) >= 11 is 0. The maximum absolute atomic E-state index is 13.4. The molecule has 90 valence electrons. The number of hydrogen-bond donors (Lipinski definition) is 0. The summed E-state index contributed by atoms with van der Waals surface area (Å²) in [4.78, 5) is 8.47. The molecule has 0 saturated heterocycles. The van der Waals surface area contributed by atoms with Gasteiger partial charge >= 0.3 is 0 Å². The van der Waals surface area contributed by atoms with Gasteiger partial charge < -0.3 is 0 Å². The Bertz CT molecular complexity index is 800. The third-order valence-corrected chi connectivity index (χ3v) is 2.67. The standard InChI is InChI=1S/C16H9FN2/c17-14-5-2-1-4-13(14)8-7-12-10-16-15(19-11-12)6-3-9-18-16/h1-6,9-11H. The van der Waals surface area contributed by atoms with E-state index in [4.69, 9.17) is 0 Å². The van der Waals surface area contributed by atoms with Crippen molar-refractivity contribution in [2.45, 2.75) is 0 Å². The highest BCUT2D eigenvalue weighted by Crippen LogP contribution is 2.09. The highest BCUT2D eigenvalue weighted by atomic mass is 19.1. The van der Waals surface area contributed by atoms with Gasteiger partial charge in [-0.25, -0.2) is 4.39 Å². The Kier molecular flexibility index (Phi) is 2.91. The lowest BCUT2D eigenvalue weighted by Crippen LogP contribution is -1.85. The number of fused-ring (bicyclic) bond motifs is 1. The van der Waals surface area contributed by atoms with Gasteiger partial charge in [0.15, 0.2) is 0 Å². The molecule has 3 rings (SSSR count). The number of rotatable bonds is 0. The molecule has 19 heavy (non-hydrogen) atoms. The van der Waals surface area contributed by atoms with Crippen LogP contribution in [0.4, 0.5) is 4.39 Å². The van der Waals surface area contributed by atoms with E-state index in [1.165, 1.54) is 6.07 Å². The Morgan fingerprint density at radius 2 is 1.79 bits per heavy atom. The second kappa shape index (κ2) is 4.87. The van der Waals surface area contributed by atoms with Gasteiger partial charge in [-0.15, -0.1) is 0 Å². The van der Waals surface area contributed by atoms with Gasteiger partial charge in [-0.05, 0) is 30.3 Å². The third-order valence-electron chi connectivity index (χ3n) is 2.67. The van der Waals surface area contributed by atoms with Crippen LogP contribution in [0.2, 0.25) is 0 Å². The molecule has 0 amide bonds. The van der Waals surface area contributed by atoms with Gasteiger partial charge in [0.1, 0.15) is 5.82 Å². The normalized spacial score (nSPS) is 9.95. The van der Waals surface area contributed by atoms with Crippen molar-refractivity contribution in [1.29, 1.82) is 0 Å². The molecule has 0 fully saturated rings. The van der Waals surface area contributed by atoms with E-state index in [0.717, 1.165) is 16.6 Å². The molecular formula is C16H9FN2. The molecule has 1 aromatic carbocycles. The van der Waals surface area contributed by atoms with Gasteiger partial charge in [-0.1, -0.05) is 24.0 Å². The highest BCUT2D eigenvalue weighted by Gasteiger charge is 1.97. The Hall–Kier alpha value is -2.73. The fraction of sp³-hybridized carbons (Fsp3) is 0. The van der Waals surface area contributed by atoms with Crippen LogP contribution < -0.4 is 0 Å². The van der Waals surface area contributed by atoms with E-state index in [1.54, 1.807) is 30.6 Å². The molecule has 0 saturated carbocycles. The lowest BCUT2D eigenvalue weighted by Gasteiger charge is -1.96. The lowest BCUT2D eigenvalue weighted by atomic mass is 10.2. The van der Waals surface area contributed by atoms with Crippen LogP contribution in [0, 0.1) is 17.7 Å². The summed E-state index contributed by atoms with van der Waals surface area (Å²) in [6.07, 6.45) is 3.37. The molecule has 0 atom stereocenters. The van der Waals surface area contributed by atoms with Gasteiger partial charge in [-0.2, -0.15) is 0 Å². The number of benzene rings is 1. The van der Waals surface area contributed by atoms with Gasteiger partial charge in [0.05, 0.1) is 16.6 Å². The van der Waals surface area contributed by atoms with E-state index in [1.807, 2.05) is 18.2 Å². The summed E-state index contributed by atoms with van der Waals surface area (Å²) in [5.41, 5.74) is 2.69. The summed E-state index contributed by atoms with van der Waals surface area (Å²) in [6.45, 7) is 0. The average molecular weight is 248 g/mol. The third kappa shape index (κ3) is 2.43. The Labute approximate surface area is 110 Å². The lowest BCUT2D eigenvalue weighted by molar-refractivity contribution is 0.624. The second-order valence-corrected chi connectivity index (χ2v) is 4.00. The molecule has 0 spiro atoms. The van der Waals surface area contributed by atoms with E-state index in [-0.39, 0.29) is 5.82 Å². The van der Waals surface area contributed by atoms with Crippen LogP contribution in [0.25, 0.3) is 11.0 Å². The number of pyridine rings is 2. The number of halogens is 1. The van der Waals surface area contributed by atoms with Crippen molar-refractivity contribution in [2.75, 3.05) is 0 Å². The van der Waals surface area contributed by atoms with Crippen molar-refractivity contribution in [3.8, 4) is 11.8 Å². The number of hydrogen-bond acceptors (Lipinski definition) is 2. The van der Waals surface area contributed by atoms with E-state index in [2.05, 4.69) is 21.8 Å². The summed E-state index contributed by atoms with van der Waals surface area (Å²) < 4.78 is 13.4. The smallest absolute Gasteiger partial charge is 0.138 e. The first-order valence-corrected chi connectivity index (χ1v) is 5.80. The summed E-state index contributed by atoms with van der Waals surface area (Å²) in [5, 5.41) is 0. The van der Waals surface area contributed by atoms with Gasteiger partial charge in [0, 0.05) is 18.0 Å². The molecule has 0 radical (unpaired) electrons. The maximum atomic E-state index is 13.4. The van der Waals surface area contributed by atoms with E-state index in [9.17, 15) is 4.39 Å². The highest BCUT2D eigenvalue weighted by molar-refractivity contribution is 5.75. The van der Waals surface area contributed by atoms with Crippen LogP contribution in [0.3, 0.4) is 0 Å². The average Bonchev–Trinajstić information content (AvgIpc) is 2.46. The Morgan fingerprint density at radius 3 is 2.68 bits per heavy atom. The molecule has 0 aliphatic heterocycles. The van der Waals surface area contributed by atoms with Crippen LogP contribution >= 0.6 is 0 Å². The fourth-order valence-electron chi connectivity index (χ4n) is 1.72. The first-order valence-electron chi connectivity index (χ1n) is 5.80. The van der Waals surface area contributed by atoms with Crippen LogP contribution in [0.5, 0.6) is 0 Å². The van der Waals surface area contributed by atoms with Crippen molar-refractivity contribution in [1.82, 2.24) is 9.97 Å². The quantitative estimate of drug-likeness (QED) is 0.571. The molecule has 2 nitrogen and oxygen atoms in total. The first kappa shape index (κ1) is 11.4. The zero-order chi connectivity index (χ0) is 13.1. The largest absolute Gasteiger partial charge is 0.255 e. The van der Waals surface area contributed by atoms with Crippen LogP contribution in [0.15, 0.2) is 54.9 Å². The monoisotopic (exact) mass is 248 g/mol. The van der Waals surface area contributed by atoms with Gasteiger partial charge in [0.25, 0.3) is 0 Å². The molecule has 0 aliphatic rings. The Balaban J connectivity index is 2.01. The number of nitrogens with zero attached hydrogens (tertiary/aromatic N) is 2. The fourth-order valence-corrected chi connectivity index (χ4v) is 1.72. The molecule has 0 aliphatic carbocycles. The van der Waals surface area contributed by atoms with E-state index in [0.29, 0.717) is 5.56 Å². The topological polar surface area (TPSA) is 25.8 Å². The zero-order valence-corrected chi connectivity index (χ0v) is 9.97. The minimum absolute atomic E-state index is 0.318. The molecule has 2 heterocycles. The zero-order valence-electron chi connectivity index (χ0n) is 9.97. The second-order valence-electron chi connectivity index (χ2n) is 4.00. The molecule has 0 N–H and O–H groups in total. The van der Waals surface area contributed by atoms with Crippen LogP contribution in [-0.2, 0) is 0 Å². The van der Waals surface area contributed by atoms with Crippen molar-refractivity contribution in [3.05, 3.63) is 71.8 Å². The van der Waals surface area contributed by atoms with Crippen molar-refractivity contribution in [3.63, 3.8) is 0 Å². The van der Waals surface area contributed by atoms with Crippen molar-refractivity contribution < 1.29 is 4.39 Å².